The molecule has 2 aromatic rings. The molecule has 184 valence electrons. The highest BCUT2D eigenvalue weighted by Gasteiger charge is 2.54. The van der Waals surface area contributed by atoms with Crippen LogP contribution >= 0.6 is 0 Å². The molecule has 1 heterocycles. The van der Waals surface area contributed by atoms with Gasteiger partial charge in [-0.2, -0.15) is 0 Å². The van der Waals surface area contributed by atoms with Gasteiger partial charge in [0.05, 0.1) is 0 Å². The molecular weight excluding hydrogens is 456 g/mol. The number of rotatable bonds is 8. The Morgan fingerprint density at radius 3 is 2.67 bits per heavy atom. The van der Waals surface area contributed by atoms with Gasteiger partial charge in [-0.15, -0.1) is 0 Å². The lowest BCUT2D eigenvalue weighted by molar-refractivity contribution is -0.140. The molecule has 0 bridgehead atoms. The van der Waals surface area contributed by atoms with E-state index in [1.165, 1.54) is 6.08 Å². The number of amides is 5. The third-order valence-corrected chi connectivity index (χ3v) is 7.18. The molecule has 2 fully saturated rings. The molecule has 2 aliphatic carbocycles. The van der Waals surface area contributed by atoms with Crippen LogP contribution in [0.1, 0.15) is 36.5 Å². The van der Waals surface area contributed by atoms with Gasteiger partial charge in [0.25, 0.3) is 5.91 Å². The minimum absolute atomic E-state index is 0.0173. The summed E-state index contributed by atoms with van der Waals surface area (Å²) >= 11 is 0. The van der Waals surface area contributed by atoms with E-state index in [0.29, 0.717) is 29.3 Å². The Labute approximate surface area is 209 Å². The zero-order chi connectivity index (χ0) is 25.4. The van der Waals surface area contributed by atoms with Crippen LogP contribution in [-0.2, 0) is 26.5 Å². The number of anilines is 1. The smallest absolute Gasteiger partial charge is 0.326 e. The van der Waals surface area contributed by atoms with Crippen molar-refractivity contribution in [1.82, 2.24) is 15.1 Å². The fourth-order valence-electron chi connectivity index (χ4n) is 4.97. The summed E-state index contributed by atoms with van der Waals surface area (Å²) in [4.78, 5) is 54.4. The van der Waals surface area contributed by atoms with E-state index in [-0.39, 0.29) is 24.4 Å². The summed E-state index contributed by atoms with van der Waals surface area (Å²) in [6.45, 7) is 5.57. The Morgan fingerprint density at radius 1 is 1.22 bits per heavy atom. The number of benzene rings is 2. The predicted octanol–water partition coefficient (Wildman–Crippen LogP) is 3.41. The van der Waals surface area contributed by atoms with Crippen molar-refractivity contribution in [2.24, 2.45) is 5.92 Å². The largest absolute Gasteiger partial charge is 0.334 e. The van der Waals surface area contributed by atoms with E-state index in [4.69, 9.17) is 0 Å². The van der Waals surface area contributed by atoms with Gasteiger partial charge < -0.3 is 15.5 Å². The average Bonchev–Trinajstić information content (AvgIpc) is 3.63. The number of hydrogen-bond acceptors (Lipinski definition) is 4. The van der Waals surface area contributed by atoms with Gasteiger partial charge in [-0.3, -0.25) is 19.3 Å². The number of nitrogens with one attached hydrogen (secondary N) is 2. The van der Waals surface area contributed by atoms with Crippen LogP contribution in [0.5, 0.6) is 0 Å². The fraction of sp³-hybridized carbons (Fsp3) is 0.286. The molecule has 2 aromatic carbocycles. The second-order valence-corrected chi connectivity index (χ2v) is 9.54. The molecule has 1 aliphatic heterocycles. The number of urea groups is 1. The third kappa shape index (κ3) is 4.19. The van der Waals surface area contributed by atoms with Crippen molar-refractivity contribution < 1.29 is 19.2 Å². The molecular formula is C28H28N4O4. The highest BCUT2D eigenvalue weighted by Crippen LogP contribution is 2.40. The second kappa shape index (κ2) is 9.11. The first kappa shape index (κ1) is 23.5. The molecule has 36 heavy (non-hydrogen) atoms. The van der Waals surface area contributed by atoms with Gasteiger partial charge in [-0.1, -0.05) is 49.1 Å². The van der Waals surface area contributed by atoms with Crippen LogP contribution in [0.3, 0.4) is 0 Å². The Bertz CT molecular complexity index is 1280. The van der Waals surface area contributed by atoms with E-state index in [1.807, 2.05) is 37.3 Å². The van der Waals surface area contributed by atoms with E-state index < -0.39 is 17.5 Å². The second-order valence-electron chi connectivity index (χ2n) is 9.54. The van der Waals surface area contributed by atoms with Gasteiger partial charge in [0, 0.05) is 18.3 Å². The van der Waals surface area contributed by atoms with Crippen LogP contribution in [0.15, 0.2) is 67.3 Å². The molecule has 2 atom stereocenters. The Hall–Kier alpha value is -4.20. The molecule has 5 rings (SSSR count). The summed E-state index contributed by atoms with van der Waals surface area (Å²) < 4.78 is 0. The molecule has 0 radical (unpaired) electrons. The molecule has 3 aliphatic rings. The summed E-state index contributed by atoms with van der Waals surface area (Å²) in [5.74, 6) is -0.657. The maximum Gasteiger partial charge on any atom is 0.326 e. The highest BCUT2D eigenvalue weighted by molar-refractivity contribution is 6.12. The first-order chi connectivity index (χ1) is 17.3. The van der Waals surface area contributed by atoms with Crippen molar-refractivity contribution in [3.05, 3.63) is 84.0 Å². The molecule has 1 spiro atoms. The van der Waals surface area contributed by atoms with Crippen LogP contribution in [-0.4, -0.2) is 46.1 Å². The highest BCUT2D eigenvalue weighted by atomic mass is 16.2. The molecule has 8 nitrogen and oxygen atoms in total. The molecule has 1 unspecified atom stereocenters. The van der Waals surface area contributed by atoms with Crippen molar-refractivity contribution >= 4 is 35.5 Å². The lowest BCUT2D eigenvalue weighted by atomic mass is 9.91. The number of carbonyl (C=O) groups is 4. The maximum atomic E-state index is 13.6. The zero-order valence-corrected chi connectivity index (χ0v) is 20.1. The van der Waals surface area contributed by atoms with Crippen molar-refractivity contribution in [2.45, 2.75) is 37.9 Å². The minimum Gasteiger partial charge on any atom is -0.334 e. The Morgan fingerprint density at radius 2 is 1.97 bits per heavy atom. The van der Waals surface area contributed by atoms with E-state index in [9.17, 15) is 19.2 Å². The van der Waals surface area contributed by atoms with E-state index in [2.05, 4.69) is 17.2 Å². The minimum atomic E-state index is -1.36. The monoisotopic (exact) mass is 484 g/mol. The topological polar surface area (TPSA) is 98.8 Å². The molecule has 8 heteroatoms. The van der Waals surface area contributed by atoms with Gasteiger partial charge in [0.2, 0.25) is 11.8 Å². The van der Waals surface area contributed by atoms with Crippen LogP contribution in [0.4, 0.5) is 10.5 Å². The first-order valence-corrected chi connectivity index (χ1v) is 12.1. The number of carbonyl (C=O) groups excluding carboxylic acids is 4. The van der Waals surface area contributed by atoms with Crippen LogP contribution in [0, 0.1) is 5.92 Å². The normalized spacial score (nSPS) is 20.8. The summed E-state index contributed by atoms with van der Waals surface area (Å²) in [7, 11) is 0. The average molecular weight is 485 g/mol. The third-order valence-electron chi connectivity index (χ3n) is 7.18. The summed E-state index contributed by atoms with van der Waals surface area (Å²) in [6.07, 6.45) is 6.69. The maximum absolute atomic E-state index is 13.6. The lowest BCUT2D eigenvalue weighted by Crippen LogP contribution is -2.47. The lowest BCUT2D eigenvalue weighted by Gasteiger charge is -2.31. The number of imide groups is 1. The summed E-state index contributed by atoms with van der Waals surface area (Å²) in [6, 6.07) is 14.2. The molecule has 2 N–H and O–H groups in total. The van der Waals surface area contributed by atoms with E-state index in [0.717, 1.165) is 23.3 Å². The summed E-state index contributed by atoms with van der Waals surface area (Å²) in [5, 5.41) is 5.48. The standard InChI is InChI=1S/C28H28N4O4/c1-3-24(33)29-22-11-12-23-21(15-22)13-14-28(23)26(35)32(27(36)30-28)17-25(34)31(18(2)20-9-10-20)16-19-7-5-4-6-8-19/h3-8,11-15,18,20H,1,9-10,16-17H2,2H3,(H,29,33)(H,30,36)/t18-,28?/m0/s1. The molecule has 0 aromatic heterocycles. The van der Waals surface area contributed by atoms with Gasteiger partial charge >= 0.3 is 6.03 Å². The van der Waals surface area contributed by atoms with Crippen LogP contribution in [0.2, 0.25) is 0 Å². The SMILES string of the molecule is C=CC(=O)Nc1ccc2c(c1)C=CC21NC(=O)N(CC(=O)N(Cc2ccccc2)[C@@H](C)C2CC2)C1=O. The predicted molar refractivity (Wildman–Crippen MR) is 135 cm³/mol. The van der Waals surface area contributed by atoms with Crippen molar-refractivity contribution in [1.29, 1.82) is 0 Å². The number of hydrogen-bond donors (Lipinski definition) is 2. The Balaban J connectivity index is 1.36. The molecule has 1 saturated carbocycles. The fourth-order valence-corrected chi connectivity index (χ4v) is 4.97. The van der Waals surface area contributed by atoms with Crippen LogP contribution < -0.4 is 10.6 Å². The van der Waals surface area contributed by atoms with Gasteiger partial charge in [0.15, 0.2) is 5.54 Å². The number of nitrogens with zero attached hydrogens (tertiary/aromatic N) is 2. The quantitative estimate of drug-likeness (QED) is 0.443. The van der Waals surface area contributed by atoms with Crippen molar-refractivity contribution in [2.75, 3.05) is 11.9 Å². The number of fused-ring (bicyclic) bond motifs is 2. The zero-order valence-electron chi connectivity index (χ0n) is 20.1. The van der Waals surface area contributed by atoms with E-state index in [1.54, 1.807) is 35.3 Å². The summed E-state index contributed by atoms with van der Waals surface area (Å²) in [5.41, 5.74) is 1.49. The van der Waals surface area contributed by atoms with Crippen molar-refractivity contribution in [3.63, 3.8) is 0 Å². The first-order valence-electron chi connectivity index (χ1n) is 12.1. The van der Waals surface area contributed by atoms with Gasteiger partial charge in [0.1, 0.15) is 6.54 Å². The van der Waals surface area contributed by atoms with Crippen molar-refractivity contribution in [3.8, 4) is 0 Å². The van der Waals surface area contributed by atoms with Gasteiger partial charge in [-0.25, -0.2) is 4.79 Å². The van der Waals surface area contributed by atoms with E-state index >= 15 is 0 Å². The Kier molecular flexibility index (Phi) is 5.96. The molecule has 1 saturated heterocycles. The molecule has 5 amide bonds. The van der Waals surface area contributed by atoms with Crippen LogP contribution in [0.25, 0.3) is 6.08 Å². The van der Waals surface area contributed by atoms with Gasteiger partial charge in [-0.05, 0) is 66.7 Å².